The van der Waals surface area contributed by atoms with E-state index in [-0.39, 0.29) is 5.82 Å². The molecule has 0 radical (unpaired) electrons. The number of aromatic nitrogens is 1. The fraction of sp³-hybridized carbons (Fsp3) is 0.667. The predicted octanol–water partition coefficient (Wildman–Crippen LogP) is 1.91. The van der Waals surface area contributed by atoms with Crippen molar-refractivity contribution >= 4 is 5.82 Å². The van der Waals surface area contributed by atoms with E-state index in [0.717, 1.165) is 45.8 Å². The van der Waals surface area contributed by atoms with Crippen molar-refractivity contribution in [3.63, 3.8) is 0 Å². The Hall–Kier alpha value is -1.20. The van der Waals surface area contributed by atoms with E-state index in [4.69, 9.17) is 0 Å². The summed E-state index contributed by atoms with van der Waals surface area (Å²) >= 11 is 0. The zero-order chi connectivity index (χ0) is 14.4. The maximum absolute atomic E-state index is 13.4. The van der Waals surface area contributed by atoms with Gasteiger partial charge >= 0.3 is 0 Å². The van der Waals surface area contributed by atoms with Crippen LogP contribution in [-0.4, -0.2) is 60.6 Å². The van der Waals surface area contributed by atoms with Crippen LogP contribution in [0.2, 0.25) is 0 Å². The van der Waals surface area contributed by atoms with Crippen molar-refractivity contribution in [3.05, 3.63) is 24.1 Å². The van der Waals surface area contributed by atoms with Crippen LogP contribution in [0.1, 0.15) is 13.8 Å². The minimum atomic E-state index is -0.281. The van der Waals surface area contributed by atoms with Gasteiger partial charge in [-0.3, -0.25) is 0 Å². The number of hydrogen-bond donors (Lipinski definition) is 1. The van der Waals surface area contributed by atoms with Crippen molar-refractivity contribution < 1.29 is 4.39 Å². The first-order valence-corrected chi connectivity index (χ1v) is 7.48. The second-order valence-corrected chi connectivity index (χ2v) is 5.55. The molecule has 0 aromatic carbocycles. The molecule has 112 valence electrons. The minimum Gasteiger partial charge on any atom is -0.367 e. The molecule has 0 amide bonds. The summed E-state index contributed by atoms with van der Waals surface area (Å²) in [7, 11) is 0. The van der Waals surface area contributed by atoms with E-state index in [1.807, 2.05) is 0 Å². The maximum Gasteiger partial charge on any atom is 0.165 e. The molecule has 4 nitrogen and oxygen atoms in total. The summed E-state index contributed by atoms with van der Waals surface area (Å²) in [5.74, 6) is 0.552. The third kappa shape index (κ3) is 4.42. The maximum atomic E-state index is 13.4. The molecule has 1 aromatic rings. The lowest BCUT2D eigenvalue weighted by Gasteiger charge is -2.35. The average Bonchev–Trinajstić information content (AvgIpc) is 2.47. The Kier molecular flexibility index (Phi) is 5.73. The Morgan fingerprint density at radius 3 is 2.65 bits per heavy atom. The number of anilines is 1. The largest absolute Gasteiger partial charge is 0.367 e. The number of nitrogens with one attached hydrogen (secondary N) is 1. The van der Waals surface area contributed by atoms with Gasteiger partial charge in [-0.05, 0) is 24.6 Å². The first-order valence-electron chi connectivity index (χ1n) is 7.48. The molecule has 0 bridgehead atoms. The molecule has 20 heavy (non-hydrogen) atoms. The lowest BCUT2D eigenvalue weighted by molar-refractivity contribution is 0.126. The number of halogens is 1. The number of rotatable bonds is 6. The highest BCUT2D eigenvalue weighted by molar-refractivity contribution is 5.35. The van der Waals surface area contributed by atoms with Gasteiger partial charge in [-0.15, -0.1) is 0 Å². The molecule has 0 aliphatic carbocycles. The molecule has 1 aliphatic rings. The van der Waals surface area contributed by atoms with Crippen molar-refractivity contribution in [2.24, 2.45) is 5.92 Å². The zero-order valence-corrected chi connectivity index (χ0v) is 12.5. The van der Waals surface area contributed by atoms with Gasteiger partial charge in [0.05, 0.1) is 0 Å². The second-order valence-electron chi connectivity index (χ2n) is 5.55. The van der Waals surface area contributed by atoms with Crippen LogP contribution in [-0.2, 0) is 0 Å². The molecule has 1 saturated heterocycles. The normalized spacial score (nSPS) is 18.9. The molecular formula is C15H25FN4. The fourth-order valence-electron chi connectivity index (χ4n) is 2.58. The molecule has 0 saturated carbocycles. The number of hydrogen-bond acceptors (Lipinski definition) is 4. The fourth-order valence-corrected chi connectivity index (χ4v) is 2.58. The van der Waals surface area contributed by atoms with Gasteiger partial charge in [0.25, 0.3) is 0 Å². The van der Waals surface area contributed by atoms with Crippen LogP contribution in [0.4, 0.5) is 10.2 Å². The van der Waals surface area contributed by atoms with Gasteiger partial charge in [0.2, 0.25) is 0 Å². The molecule has 1 fully saturated rings. The Morgan fingerprint density at radius 1 is 1.30 bits per heavy atom. The van der Waals surface area contributed by atoms with Crippen LogP contribution < -0.4 is 5.32 Å². The summed E-state index contributed by atoms with van der Waals surface area (Å²) in [6.07, 6.45) is 1.61. The summed E-state index contributed by atoms with van der Waals surface area (Å²) in [4.78, 5) is 8.98. The highest BCUT2D eigenvalue weighted by atomic mass is 19.1. The third-order valence-electron chi connectivity index (χ3n) is 3.86. The van der Waals surface area contributed by atoms with Crippen molar-refractivity contribution in [3.8, 4) is 0 Å². The number of pyridine rings is 1. The van der Waals surface area contributed by atoms with Gasteiger partial charge in [0.15, 0.2) is 11.6 Å². The SMILES string of the molecule is CCN1CCN(C[C@@H](C)CNc2ncccc2F)CC1. The van der Waals surface area contributed by atoms with Crippen molar-refractivity contribution in [2.45, 2.75) is 13.8 Å². The minimum absolute atomic E-state index is 0.281. The molecule has 2 rings (SSSR count). The molecule has 1 atom stereocenters. The van der Waals surface area contributed by atoms with E-state index in [0.29, 0.717) is 11.7 Å². The lowest BCUT2D eigenvalue weighted by atomic mass is 10.1. The molecule has 2 heterocycles. The van der Waals surface area contributed by atoms with E-state index in [1.165, 1.54) is 6.07 Å². The van der Waals surface area contributed by atoms with Crippen LogP contribution in [0, 0.1) is 11.7 Å². The Morgan fingerprint density at radius 2 is 2.00 bits per heavy atom. The summed E-state index contributed by atoms with van der Waals surface area (Å²) < 4.78 is 13.4. The van der Waals surface area contributed by atoms with Crippen LogP contribution in [0.25, 0.3) is 0 Å². The summed E-state index contributed by atoms with van der Waals surface area (Å²) in [5.41, 5.74) is 0. The Labute approximate surface area is 121 Å². The molecule has 0 unspecified atom stereocenters. The van der Waals surface area contributed by atoms with Gasteiger partial charge in [0, 0.05) is 45.5 Å². The van der Waals surface area contributed by atoms with Gasteiger partial charge in [-0.2, -0.15) is 0 Å². The molecule has 1 N–H and O–H groups in total. The first kappa shape index (κ1) is 15.2. The molecule has 5 heteroatoms. The van der Waals surface area contributed by atoms with Crippen LogP contribution in [0.3, 0.4) is 0 Å². The summed E-state index contributed by atoms with van der Waals surface area (Å²) in [5, 5.41) is 3.10. The number of likely N-dealkylation sites (N-methyl/N-ethyl adjacent to an activating group) is 1. The van der Waals surface area contributed by atoms with Gasteiger partial charge in [-0.1, -0.05) is 13.8 Å². The standard InChI is InChI=1S/C15H25FN4/c1-3-19-7-9-20(10-8-19)12-13(2)11-18-15-14(16)5-4-6-17-15/h4-6,13H,3,7-12H2,1-2H3,(H,17,18)/t13-/m0/s1. The third-order valence-corrected chi connectivity index (χ3v) is 3.86. The van der Waals surface area contributed by atoms with Crippen molar-refractivity contribution in [1.82, 2.24) is 14.8 Å². The average molecular weight is 280 g/mol. The predicted molar refractivity (Wildman–Crippen MR) is 80.4 cm³/mol. The summed E-state index contributed by atoms with van der Waals surface area (Å²) in [6.45, 7) is 11.9. The van der Waals surface area contributed by atoms with Gasteiger partial charge in [-0.25, -0.2) is 9.37 Å². The zero-order valence-electron chi connectivity index (χ0n) is 12.5. The highest BCUT2D eigenvalue weighted by Gasteiger charge is 2.17. The lowest BCUT2D eigenvalue weighted by Crippen LogP contribution is -2.47. The number of piperazine rings is 1. The van der Waals surface area contributed by atoms with E-state index >= 15 is 0 Å². The van der Waals surface area contributed by atoms with Crippen LogP contribution >= 0.6 is 0 Å². The van der Waals surface area contributed by atoms with E-state index in [9.17, 15) is 4.39 Å². The molecule has 0 spiro atoms. The van der Waals surface area contributed by atoms with Crippen molar-refractivity contribution in [2.75, 3.05) is 51.1 Å². The van der Waals surface area contributed by atoms with Crippen molar-refractivity contribution in [1.29, 1.82) is 0 Å². The molecular weight excluding hydrogens is 255 g/mol. The van der Waals surface area contributed by atoms with Gasteiger partial charge < -0.3 is 15.1 Å². The number of nitrogens with zero attached hydrogens (tertiary/aromatic N) is 3. The molecule has 1 aliphatic heterocycles. The second kappa shape index (κ2) is 7.55. The molecule has 1 aromatic heterocycles. The monoisotopic (exact) mass is 280 g/mol. The summed E-state index contributed by atoms with van der Waals surface area (Å²) in [6, 6.07) is 3.04. The van der Waals surface area contributed by atoms with E-state index in [2.05, 4.69) is 33.9 Å². The van der Waals surface area contributed by atoms with E-state index in [1.54, 1.807) is 12.3 Å². The Balaban J connectivity index is 1.71. The van der Waals surface area contributed by atoms with E-state index < -0.39 is 0 Å². The first-order chi connectivity index (χ1) is 9.69. The quantitative estimate of drug-likeness (QED) is 0.862. The Bertz CT molecular complexity index is 405. The van der Waals surface area contributed by atoms with Crippen LogP contribution in [0.5, 0.6) is 0 Å². The topological polar surface area (TPSA) is 31.4 Å². The highest BCUT2D eigenvalue weighted by Crippen LogP contribution is 2.10. The van der Waals surface area contributed by atoms with Crippen LogP contribution in [0.15, 0.2) is 18.3 Å². The smallest absolute Gasteiger partial charge is 0.165 e. The van der Waals surface area contributed by atoms with Gasteiger partial charge in [0.1, 0.15) is 0 Å².